The number of likely N-dealkylation sites (tertiary alicyclic amines) is 1. The Morgan fingerprint density at radius 3 is 2.70 bits per heavy atom. The van der Waals surface area contributed by atoms with Crippen LogP contribution < -0.4 is 0 Å². The highest BCUT2D eigenvalue weighted by Gasteiger charge is 2.32. The van der Waals surface area contributed by atoms with E-state index in [1.165, 1.54) is 11.8 Å². The molecule has 1 unspecified atom stereocenters. The summed E-state index contributed by atoms with van der Waals surface area (Å²) in [5, 5.41) is 0.740. The van der Waals surface area contributed by atoms with E-state index in [1.54, 1.807) is 4.31 Å². The number of nitrogens with zero attached hydrogens (tertiary/aromatic N) is 3. The molecule has 0 saturated carbocycles. The summed E-state index contributed by atoms with van der Waals surface area (Å²) < 4.78 is 31.8. The van der Waals surface area contributed by atoms with Crippen molar-refractivity contribution in [3.05, 3.63) is 34.9 Å². The third-order valence-corrected chi connectivity index (χ3v) is 6.90. The molecular formula is C19H30ClN3O3S. The molecule has 0 radical (unpaired) electrons. The van der Waals surface area contributed by atoms with Crippen LogP contribution in [0.15, 0.2) is 24.3 Å². The number of sulfonamides is 1. The maximum atomic E-state index is 12.4. The molecule has 2 aliphatic rings. The first-order chi connectivity index (χ1) is 12.9. The Balaban J connectivity index is 1.52. The number of hydrogen-bond donors (Lipinski definition) is 0. The second-order valence-corrected chi connectivity index (χ2v) is 9.86. The van der Waals surface area contributed by atoms with Crippen LogP contribution in [0.1, 0.15) is 18.4 Å². The first-order valence-corrected chi connectivity index (χ1v) is 11.9. The first kappa shape index (κ1) is 21.0. The van der Waals surface area contributed by atoms with Gasteiger partial charge in [0.15, 0.2) is 0 Å². The second kappa shape index (κ2) is 9.67. The highest BCUT2D eigenvalue weighted by molar-refractivity contribution is 7.88. The second-order valence-electron chi connectivity index (χ2n) is 7.49. The quantitative estimate of drug-likeness (QED) is 0.649. The third kappa shape index (κ3) is 6.41. The molecule has 2 aliphatic heterocycles. The van der Waals surface area contributed by atoms with Crippen molar-refractivity contribution >= 4 is 21.6 Å². The lowest BCUT2D eigenvalue weighted by Gasteiger charge is -2.30. The molecule has 0 bridgehead atoms. The fraction of sp³-hybridized carbons (Fsp3) is 0.684. The van der Waals surface area contributed by atoms with Crippen LogP contribution in [0.2, 0.25) is 5.02 Å². The van der Waals surface area contributed by atoms with Crippen LogP contribution in [0.4, 0.5) is 0 Å². The van der Waals surface area contributed by atoms with Crippen LogP contribution in [0.3, 0.4) is 0 Å². The third-order valence-electron chi connectivity index (χ3n) is 5.33. The van der Waals surface area contributed by atoms with Gasteiger partial charge in [-0.15, -0.1) is 0 Å². The number of ether oxygens (including phenoxy) is 1. The van der Waals surface area contributed by atoms with Crippen molar-refractivity contribution in [3.8, 4) is 0 Å². The van der Waals surface area contributed by atoms with Gasteiger partial charge in [0.2, 0.25) is 10.0 Å². The van der Waals surface area contributed by atoms with Crippen molar-refractivity contribution in [1.29, 1.82) is 0 Å². The zero-order valence-electron chi connectivity index (χ0n) is 16.0. The summed E-state index contributed by atoms with van der Waals surface area (Å²) in [6.07, 6.45) is 3.07. The minimum atomic E-state index is -3.21. The maximum Gasteiger partial charge on any atom is 0.211 e. The molecule has 8 heteroatoms. The van der Waals surface area contributed by atoms with Gasteiger partial charge in [-0.05, 0) is 37.1 Å². The molecule has 6 nitrogen and oxygen atoms in total. The molecule has 152 valence electrons. The van der Waals surface area contributed by atoms with Crippen molar-refractivity contribution < 1.29 is 13.2 Å². The fourth-order valence-corrected chi connectivity index (χ4v) is 5.37. The average molecular weight is 416 g/mol. The largest absolute Gasteiger partial charge is 0.379 e. The normalized spacial score (nSPS) is 22.6. The van der Waals surface area contributed by atoms with Crippen molar-refractivity contribution in [2.45, 2.75) is 25.4 Å². The Bertz CT molecular complexity index is 710. The van der Waals surface area contributed by atoms with Crippen molar-refractivity contribution in [2.24, 2.45) is 0 Å². The van der Waals surface area contributed by atoms with Crippen LogP contribution in [-0.2, 0) is 21.3 Å². The molecule has 1 aromatic carbocycles. The molecule has 0 aliphatic carbocycles. The molecule has 0 aromatic heterocycles. The van der Waals surface area contributed by atoms with E-state index in [0.29, 0.717) is 6.54 Å². The Morgan fingerprint density at radius 1 is 1.22 bits per heavy atom. The highest BCUT2D eigenvalue weighted by atomic mass is 35.5. The van der Waals surface area contributed by atoms with Crippen LogP contribution in [-0.4, -0.2) is 87.3 Å². The minimum Gasteiger partial charge on any atom is -0.379 e. The summed E-state index contributed by atoms with van der Waals surface area (Å²) in [7, 11) is -3.21. The fourth-order valence-electron chi connectivity index (χ4n) is 3.98. The van der Waals surface area contributed by atoms with Gasteiger partial charge in [0.25, 0.3) is 0 Å². The van der Waals surface area contributed by atoms with Gasteiger partial charge in [-0.2, -0.15) is 4.31 Å². The van der Waals surface area contributed by atoms with Gasteiger partial charge in [0.05, 0.1) is 19.5 Å². The smallest absolute Gasteiger partial charge is 0.211 e. The zero-order chi connectivity index (χ0) is 19.3. The first-order valence-electron chi connectivity index (χ1n) is 9.65. The van der Waals surface area contributed by atoms with E-state index in [1.807, 2.05) is 18.2 Å². The van der Waals surface area contributed by atoms with Gasteiger partial charge in [-0.3, -0.25) is 9.80 Å². The Morgan fingerprint density at radius 2 is 2.00 bits per heavy atom. The molecule has 0 spiro atoms. The summed E-state index contributed by atoms with van der Waals surface area (Å²) in [5.41, 5.74) is 1.17. The van der Waals surface area contributed by atoms with Crippen molar-refractivity contribution in [3.63, 3.8) is 0 Å². The number of rotatable bonds is 8. The molecule has 2 heterocycles. The number of benzene rings is 1. The Labute approximate surface area is 168 Å². The molecule has 3 rings (SSSR count). The standard InChI is InChI=1S/C19H30ClN3O3S/c1-27(24,25)23(8-3-7-21-10-12-26-13-11-21)19-6-9-22(16-19)15-17-4-2-5-18(20)14-17/h2,4-5,14,19H,3,6-13,15-16H2,1H3. The lowest BCUT2D eigenvalue weighted by Crippen LogP contribution is -2.43. The molecular weight excluding hydrogens is 386 g/mol. The SMILES string of the molecule is CS(=O)(=O)N(CCCN1CCOCC1)C1CCN(Cc2cccc(Cl)c2)C1. The van der Waals surface area contributed by atoms with Gasteiger partial charge in [0, 0.05) is 50.3 Å². The topological polar surface area (TPSA) is 53.1 Å². The lowest BCUT2D eigenvalue weighted by molar-refractivity contribution is 0.0366. The van der Waals surface area contributed by atoms with Gasteiger partial charge in [-0.25, -0.2) is 8.42 Å². The van der Waals surface area contributed by atoms with Gasteiger partial charge >= 0.3 is 0 Å². The summed E-state index contributed by atoms with van der Waals surface area (Å²) in [6, 6.07) is 7.93. The van der Waals surface area contributed by atoms with Gasteiger partial charge < -0.3 is 4.74 Å². The van der Waals surface area contributed by atoms with Gasteiger partial charge in [0.1, 0.15) is 0 Å². The van der Waals surface area contributed by atoms with Crippen molar-refractivity contribution in [1.82, 2.24) is 14.1 Å². The van der Waals surface area contributed by atoms with Crippen LogP contribution in [0.5, 0.6) is 0 Å². The van der Waals surface area contributed by atoms with E-state index in [9.17, 15) is 8.42 Å². The van der Waals surface area contributed by atoms with Crippen LogP contribution >= 0.6 is 11.6 Å². The van der Waals surface area contributed by atoms with E-state index in [-0.39, 0.29) is 6.04 Å². The Hall–Kier alpha value is -0.700. The van der Waals surface area contributed by atoms with Crippen molar-refractivity contribution in [2.75, 3.05) is 58.7 Å². The minimum absolute atomic E-state index is 0.0591. The molecule has 27 heavy (non-hydrogen) atoms. The van der Waals surface area contributed by atoms with E-state index < -0.39 is 10.0 Å². The summed E-state index contributed by atoms with van der Waals surface area (Å²) in [6.45, 7) is 7.44. The van der Waals surface area contributed by atoms with Crippen LogP contribution in [0.25, 0.3) is 0 Å². The molecule has 2 saturated heterocycles. The molecule has 0 amide bonds. The summed E-state index contributed by atoms with van der Waals surface area (Å²) in [5.74, 6) is 0. The van der Waals surface area contributed by atoms with E-state index in [2.05, 4.69) is 15.9 Å². The summed E-state index contributed by atoms with van der Waals surface area (Å²) >= 11 is 6.07. The number of halogens is 1. The van der Waals surface area contributed by atoms with E-state index in [4.69, 9.17) is 16.3 Å². The van der Waals surface area contributed by atoms with E-state index in [0.717, 1.165) is 70.3 Å². The zero-order valence-corrected chi connectivity index (χ0v) is 17.6. The Kier molecular flexibility index (Phi) is 7.53. The number of morpholine rings is 1. The van der Waals surface area contributed by atoms with E-state index >= 15 is 0 Å². The maximum absolute atomic E-state index is 12.4. The molecule has 1 aromatic rings. The molecule has 1 atom stereocenters. The summed E-state index contributed by atoms with van der Waals surface area (Å²) in [4.78, 5) is 4.67. The lowest BCUT2D eigenvalue weighted by atomic mass is 10.2. The van der Waals surface area contributed by atoms with Crippen LogP contribution in [0, 0.1) is 0 Å². The van der Waals surface area contributed by atoms with Gasteiger partial charge in [-0.1, -0.05) is 23.7 Å². The predicted octanol–water partition coefficient (Wildman–Crippen LogP) is 1.90. The molecule has 2 fully saturated rings. The number of hydrogen-bond acceptors (Lipinski definition) is 5. The monoisotopic (exact) mass is 415 g/mol. The predicted molar refractivity (Wildman–Crippen MR) is 109 cm³/mol. The average Bonchev–Trinajstić information content (AvgIpc) is 3.06. The highest BCUT2D eigenvalue weighted by Crippen LogP contribution is 2.21. The molecule has 0 N–H and O–H groups in total.